The molecule has 27 heavy (non-hydrogen) atoms. The number of guanidine groups is 1. The second kappa shape index (κ2) is 12.7. The van der Waals surface area contributed by atoms with E-state index in [1.165, 1.54) is 5.56 Å². The van der Waals surface area contributed by atoms with Gasteiger partial charge in [0, 0.05) is 45.8 Å². The van der Waals surface area contributed by atoms with Crippen LogP contribution >= 0.6 is 24.0 Å². The first-order chi connectivity index (χ1) is 12.7. The van der Waals surface area contributed by atoms with Crippen molar-refractivity contribution >= 4 is 46.7 Å². The van der Waals surface area contributed by atoms with Gasteiger partial charge in [-0.05, 0) is 38.0 Å². The number of aliphatic imine (C=N–C) groups is 1. The lowest BCUT2D eigenvalue weighted by Crippen LogP contribution is -2.38. The quantitative estimate of drug-likeness (QED) is 0.247. The predicted molar refractivity (Wildman–Crippen MR) is 125 cm³/mol. The molecule has 0 spiro atoms. The predicted octanol–water partition coefficient (Wildman–Crippen LogP) is 3.40. The van der Waals surface area contributed by atoms with Gasteiger partial charge in [-0.1, -0.05) is 18.2 Å². The molecule has 7 heteroatoms. The zero-order valence-corrected chi connectivity index (χ0v) is 19.1. The molecule has 1 aromatic carbocycles. The number of nitrogens with zero attached hydrogens (tertiary/aromatic N) is 3. The Balaban J connectivity index is 0.00000364. The normalized spacial score (nSPS) is 11.2. The second-order valence-electron chi connectivity index (χ2n) is 6.22. The number of fused-ring (bicyclic) bond motifs is 1. The van der Waals surface area contributed by atoms with E-state index in [-0.39, 0.29) is 24.0 Å². The van der Waals surface area contributed by atoms with Crippen LogP contribution in [0.5, 0.6) is 0 Å². The molecule has 0 aliphatic heterocycles. The third-order valence-corrected chi connectivity index (χ3v) is 3.96. The van der Waals surface area contributed by atoms with Crippen molar-refractivity contribution in [3.05, 3.63) is 35.9 Å². The van der Waals surface area contributed by atoms with Crippen LogP contribution in [0.4, 0.5) is 5.82 Å². The van der Waals surface area contributed by atoms with Gasteiger partial charge in [0.25, 0.3) is 0 Å². The Morgan fingerprint density at radius 1 is 1.19 bits per heavy atom. The minimum absolute atomic E-state index is 0. The molecule has 2 aromatic rings. The Hall–Kier alpha value is -1.61. The highest BCUT2D eigenvalue weighted by atomic mass is 127. The Kier molecular flexibility index (Phi) is 11.0. The third kappa shape index (κ3) is 7.50. The fourth-order valence-electron chi connectivity index (χ4n) is 2.62. The molecular formula is C20H32IN5O. The first-order valence-corrected chi connectivity index (χ1v) is 9.31. The first-order valence-electron chi connectivity index (χ1n) is 9.31. The summed E-state index contributed by atoms with van der Waals surface area (Å²) in [5, 5.41) is 7.82. The van der Waals surface area contributed by atoms with E-state index < -0.39 is 0 Å². The van der Waals surface area contributed by atoms with Crippen LogP contribution in [0.1, 0.15) is 25.8 Å². The van der Waals surface area contributed by atoms with Crippen LogP contribution in [0.15, 0.2) is 35.3 Å². The van der Waals surface area contributed by atoms with Crippen LogP contribution in [0.2, 0.25) is 0 Å². The molecule has 0 atom stereocenters. The van der Waals surface area contributed by atoms with E-state index in [1.807, 2.05) is 44.1 Å². The number of hydrogen-bond donors (Lipinski definition) is 2. The Morgan fingerprint density at radius 3 is 2.67 bits per heavy atom. The zero-order chi connectivity index (χ0) is 18.8. The molecule has 0 fully saturated rings. The van der Waals surface area contributed by atoms with Gasteiger partial charge in [-0.2, -0.15) is 0 Å². The minimum atomic E-state index is 0. The fourth-order valence-corrected chi connectivity index (χ4v) is 2.62. The van der Waals surface area contributed by atoms with Crippen molar-refractivity contribution in [2.24, 2.45) is 4.99 Å². The molecule has 0 amide bonds. The molecule has 1 heterocycles. The highest BCUT2D eigenvalue weighted by Gasteiger charge is 2.07. The van der Waals surface area contributed by atoms with Gasteiger partial charge in [0.05, 0.1) is 12.1 Å². The van der Waals surface area contributed by atoms with Gasteiger partial charge in [-0.25, -0.2) is 9.98 Å². The summed E-state index contributed by atoms with van der Waals surface area (Å²) in [5.74, 6) is 1.78. The van der Waals surface area contributed by atoms with Crippen LogP contribution < -0.4 is 15.5 Å². The molecular weight excluding hydrogens is 453 g/mol. The SMILES string of the molecule is CCNC(=NCc1cc(N(C)C)nc2ccccc12)NCCCOCC.I. The molecule has 2 rings (SSSR count). The van der Waals surface area contributed by atoms with Crippen molar-refractivity contribution in [1.29, 1.82) is 0 Å². The monoisotopic (exact) mass is 485 g/mol. The number of nitrogens with one attached hydrogen (secondary N) is 2. The summed E-state index contributed by atoms with van der Waals surface area (Å²) in [7, 11) is 4.02. The highest BCUT2D eigenvalue weighted by molar-refractivity contribution is 14.0. The van der Waals surface area contributed by atoms with Crippen LogP contribution in [0.3, 0.4) is 0 Å². The maximum Gasteiger partial charge on any atom is 0.191 e. The van der Waals surface area contributed by atoms with Gasteiger partial charge in [0.2, 0.25) is 0 Å². The third-order valence-electron chi connectivity index (χ3n) is 3.96. The van der Waals surface area contributed by atoms with Gasteiger partial charge in [0.15, 0.2) is 5.96 Å². The second-order valence-corrected chi connectivity index (χ2v) is 6.22. The summed E-state index contributed by atoms with van der Waals surface area (Å²) in [6.07, 6.45) is 0.960. The van der Waals surface area contributed by atoms with E-state index in [2.05, 4.69) is 29.7 Å². The average molecular weight is 485 g/mol. The lowest BCUT2D eigenvalue weighted by atomic mass is 10.1. The molecule has 0 aliphatic rings. The number of pyridine rings is 1. The maximum atomic E-state index is 5.38. The summed E-state index contributed by atoms with van der Waals surface area (Å²) in [4.78, 5) is 11.5. The number of rotatable bonds is 9. The molecule has 6 nitrogen and oxygen atoms in total. The number of halogens is 1. The van der Waals surface area contributed by atoms with Gasteiger partial charge in [-0.15, -0.1) is 24.0 Å². The average Bonchev–Trinajstić information content (AvgIpc) is 2.65. The number of anilines is 1. The number of aromatic nitrogens is 1. The number of ether oxygens (including phenoxy) is 1. The molecule has 2 N–H and O–H groups in total. The van der Waals surface area contributed by atoms with Gasteiger partial charge in [0.1, 0.15) is 5.82 Å². The summed E-state index contributed by atoms with van der Waals surface area (Å²) in [6.45, 7) is 7.89. The van der Waals surface area contributed by atoms with Crippen LogP contribution in [0.25, 0.3) is 10.9 Å². The van der Waals surface area contributed by atoms with Gasteiger partial charge in [-0.3, -0.25) is 0 Å². The molecule has 0 unspecified atom stereocenters. The van der Waals surface area contributed by atoms with Crippen molar-refractivity contribution in [1.82, 2.24) is 15.6 Å². The Bertz CT molecular complexity index is 721. The zero-order valence-electron chi connectivity index (χ0n) is 16.8. The molecule has 0 radical (unpaired) electrons. The molecule has 0 saturated heterocycles. The van der Waals surface area contributed by atoms with Crippen LogP contribution in [-0.2, 0) is 11.3 Å². The Morgan fingerprint density at radius 2 is 1.96 bits per heavy atom. The summed E-state index contributed by atoms with van der Waals surface area (Å²) < 4.78 is 5.38. The number of benzene rings is 1. The molecule has 0 saturated carbocycles. The number of para-hydroxylation sites is 1. The van der Waals surface area contributed by atoms with Crippen LogP contribution in [-0.4, -0.2) is 51.3 Å². The summed E-state index contributed by atoms with van der Waals surface area (Å²) >= 11 is 0. The fraction of sp³-hybridized carbons (Fsp3) is 0.500. The van der Waals surface area contributed by atoms with Gasteiger partial charge < -0.3 is 20.3 Å². The standard InChI is InChI=1S/C20H31N5O.HI/c1-5-21-20(22-12-9-13-26-6-2)23-15-16-14-19(25(3)4)24-18-11-8-7-10-17(16)18;/h7-8,10-11,14H,5-6,9,12-13,15H2,1-4H3,(H2,21,22,23);1H. The summed E-state index contributed by atoms with van der Waals surface area (Å²) in [6, 6.07) is 10.3. The van der Waals surface area contributed by atoms with Gasteiger partial charge >= 0.3 is 0 Å². The van der Waals surface area contributed by atoms with Crippen molar-refractivity contribution in [3.8, 4) is 0 Å². The lowest BCUT2D eigenvalue weighted by molar-refractivity contribution is 0.145. The largest absolute Gasteiger partial charge is 0.382 e. The molecule has 150 valence electrons. The van der Waals surface area contributed by atoms with E-state index in [4.69, 9.17) is 14.7 Å². The smallest absolute Gasteiger partial charge is 0.191 e. The van der Waals surface area contributed by atoms with E-state index in [0.29, 0.717) is 6.54 Å². The topological polar surface area (TPSA) is 61.8 Å². The van der Waals surface area contributed by atoms with E-state index in [0.717, 1.165) is 55.4 Å². The lowest BCUT2D eigenvalue weighted by Gasteiger charge is -2.15. The van der Waals surface area contributed by atoms with Crippen molar-refractivity contribution in [2.45, 2.75) is 26.8 Å². The highest BCUT2D eigenvalue weighted by Crippen LogP contribution is 2.22. The van der Waals surface area contributed by atoms with E-state index >= 15 is 0 Å². The Labute approximate surface area is 179 Å². The number of hydrogen-bond acceptors (Lipinski definition) is 4. The van der Waals surface area contributed by atoms with Crippen molar-refractivity contribution in [3.63, 3.8) is 0 Å². The molecule has 0 bridgehead atoms. The first kappa shape index (κ1) is 23.4. The molecule has 1 aromatic heterocycles. The van der Waals surface area contributed by atoms with E-state index in [1.54, 1.807) is 0 Å². The van der Waals surface area contributed by atoms with E-state index in [9.17, 15) is 0 Å². The van der Waals surface area contributed by atoms with Crippen molar-refractivity contribution < 1.29 is 4.74 Å². The van der Waals surface area contributed by atoms with Crippen LogP contribution in [0, 0.1) is 0 Å². The molecule has 0 aliphatic carbocycles. The maximum absolute atomic E-state index is 5.38. The minimum Gasteiger partial charge on any atom is -0.382 e. The van der Waals surface area contributed by atoms with Crippen molar-refractivity contribution in [2.75, 3.05) is 45.3 Å². The summed E-state index contributed by atoms with van der Waals surface area (Å²) in [5.41, 5.74) is 2.17.